The minimum atomic E-state index is -0.628. The number of nitrogens with zero attached hydrogens (tertiary/aromatic N) is 2. The first kappa shape index (κ1) is 16.4. The minimum absolute atomic E-state index is 0.188. The lowest BCUT2D eigenvalue weighted by molar-refractivity contribution is -0.122. The SMILES string of the molecule is CCNc1nc(C)c(C(=O)N2Cc3ccccc3C[C@@H]2C(N)=O)s1. The second-order valence-electron chi connectivity index (χ2n) is 5.79. The Morgan fingerprint density at radius 3 is 2.75 bits per heavy atom. The van der Waals surface area contributed by atoms with Gasteiger partial charge < -0.3 is 16.0 Å². The van der Waals surface area contributed by atoms with Crippen LogP contribution in [0.3, 0.4) is 0 Å². The molecule has 6 nitrogen and oxygen atoms in total. The highest BCUT2D eigenvalue weighted by Gasteiger charge is 2.35. The van der Waals surface area contributed by atoms with Crippen molar-refractivity contribution in [2.45, 2.75) is 32.9 Å². The first-order valence-electron chi connectivity index (χ1n) is 7.89. The van der Waals surface area contributed by atoms with Gasteiger partial charge in [-0.25, -0.2) is 4.98 Å². The molecule has 3 rings (SSSR count). The fourth-order valence-corrected chi connectivity index (χ4v) is 3.93. The van der Waals surface area contributed by atoms with Gasteiger partial charge in [-0.3, -0.25) is 9.59 Å². The number of primary amides is 1. The molecular weight excluding hydrogens is 324 g/mol. The van der Waals surface area contributed by atoms with Crippen LogP contribution in [-0.4, -0.2) is 34.3 Å². The maximum Gasteiger partial charge on any atom is 0.266 e. The highest BCUT2D eigenvalue weighted by Crippen LogP contribution is 2.29. The summed E-state index contributed by atoms with van der Waals surface area (Å²) in [5, 5.41) is 3.84. The predicted octanol–water partition coefficient (Wildman–Crippen LogP) is 1.94. The van der Waals surface area contributed by atoms with Gasteiger partial charge in [0, 0.05) is 19.5 Å². The van der Waals surface area contributed by atoms with E-state index >= 15 is 0 Å². The van der Waals surface area contributed by atoms with E-state index in [1.807, 2.05) is 38.1 Å². The van der Waals surface area contributed by atoms with Crippen molar-refractivity contribution in [2.24, 2.45) is 5.73 Å². The summed E-state index contributed by atoms with van der Waals surface area (Å²) in [5.41, 5.74) is 8.36. The van der Waals surface area contributed by atoms with E-state index in [-0.39, 0.29) is 5.91 Å². The van der Waals surface area contributed by atoms with Crippen LogP contribution in [0.2, 0.25) is 0 Å². The molecule has 24 heavy (non-hydrogen) atoms. The molecule has 1 aliphatic rings. The molecule has 7 heteroatoms. The molecule has 1 atom stereocenters. The van der Waals surface area contributed by atoms with Gasteiger partial charge in [0.15, 0.2) is 5.13 Å². The van der Waals surface area contributed by atoms with Gasteiger partial charge in [-0.15, -0.1) is 0 Å². The molecule has 0 radical (unpaired) electrons. The lowest BCUT2D eigenvalue weighted by Crippen LogP contribution is -2.51. The molecule has 1 aliphatic heterocycles. The number of nitrogens with one attached hydrogen (secondary N) is 1. The number of benzene rings is 1. The zero-order valence-electron chi connectivity index (χ0n) is 13.7. The minimum Gasteiger partial charge on any atom is -0.368 e. The van der Waals surface area contributed by atoms with Gasteiger partial charge in [-0.05, 0) is 25.0 Å². The summed E-state index contributed by atoms with van der Waals surface area (Å²) in [6.07, 6.45) is 0.454. The van der Waals surface area contributed by atoms with Crippen molar-refractivity contribution >= 4 is 28.3 Å². The molecule has 0 saturated heterocycles. The molecule has 3 N–H and O–H groups in total. The van der Waals surface area contributed by atoms with Crippen LogP contribution < -0.4 is 11.1 Å². The highest BCUT2D eigenvalue weighted by molar-refractivity contribution is 7.17. The zero-order chi connectivity index (χ0) is 17.3. The Morgan fingerprint density at radius 1 is 1.38 bits per heavy atom. The smallest absolute Gasteiger partial charge is 0.266 e. The third kappa shape index (κ3) is 2.99. The Morgan fingerprint density at radius 2 is 2.08 bits per heavy atom. The number of carbonyl (C=O) groups is 2. The number of aromatic nitrogens is 1. The Labute approximate surface area is 144 Å². The van der Waals surface area contributed by atoms with Gasteiger partial charge in [-0.1, -0.05) is 35.6 Å². The third-order valence-corrected chi connectivity index (χ3v) is 5.26. The second-order valence-corrected chi connectivity index (χ2v) is 6.79. The number of aryl methyl sites for hydroxylation is 1. The average Bonchev–Trinajstić information content (AvgIpc) is 2.93. The van der Waals surface area contributed by atoms with Crippen molar-refractivity contribution in [2.75, 3.05) is 11.9 Å². The number of hydrogen-bond acceptors (Lipinski definition) is 5. The van der Waals surface area contributed by atoms with Crippen molar-refractivity contribution in [1.82, 2.24) is 9.88 Å². The zero-order valence-corrected chi connectivity index (χ0v) is 14.5. The fraction of sp³-hybridized carbons (Fsp3) is 0.353. The van der Waals surface area contributed by atoms with E-state index in [0.29, 0.717) is 28.7 Å². The van der Waals surface area contributed by atoms with Crippen LogP contribution in [0.25, 0.3) is 0 Å². The molecule has 0 spiro atoms. The Balaban J connectivity index is 1.94. The molecule has 1 aromatic carbocycles. The van der Waals surface area contributed by atoms with Crippen molar-refractivity contribution in [3.63, 3.8) is 0 Å². The summed E-state index contributed by atoms with van der Waals surface area (Å²) in [4.78, 5) is 31.4. The molecule has 0 fully saturated rings. The summed E-state index contributed by atoms with van der Waals surface area (Å²) in [6.45, 7) is 4.91. The molecule has 2 amide bonds. The van der Waals surface area contributed by atoms with Crippen LogP contribution >= 0.6 is 11.3 Å². The first-order chi connectivity index (χ1) is 11.5. The van der Waals surface area contributed by atoms with Crippen molar-refractivity contribution in [3.05, 3.63) is 46.0 Å². The molecule has 0 bridgehead atoms. The maximum atomic E-state index is 13.0. The van der Waals surface area contributed by atoms with Crippen LogP contribution in [0.15, 0.2) is 24.3 Å². The van der Waals surface area contributed by atoms with E-state index in [0.717, 1.165) is 17.7 Å². The summed E-state index contributed by atoms with van der Waals surface area (Å²) in [7, 11) is 0. The van der Waals surface area contributed by atoms with E-state index in [9.17, 15) is 9.59 Å². The molecule has 0 aliphatic carbocycles. The van der Waals surface area contributed by atoms with Gasteiger partial charge >= 0.3 is 0 Å². The molecular formula is C17H20N4O2S. The van der Waals surface area contributed by atoms with E-state index in [1.54, 1.807) is 4.90 Å². The largest absolute Gasteiger partial charge is 0.368 e. The van der Waals surface area contributed by atoms with Gasteiger partial charge in [0.2, 0.25) is 5.91 Å². The number of nitrogens with two attached hydrogens (primary N) is 1. The highest BCUT2D eigenvalue weighted by atomic mass is 32.1. The summed E-state index contributed by atoms with van der Waals surface area (Å²) >= 11 is 1.32. The first-order valence-corrected chi connectivity index (χ1v) is 8.71. The van der Waals surface area contributed by atoms with Gasteiger partial charge in [0.25, 0.3) is 5.91 Å². The third-order valence-electron chi connectivity index (χ3n) is 4.16. The van der Waals surface area contributed by atoms with E-state index in [1.165, 1.54) is 11.3 Å². The number of thiazole rings is 1. The number of amides is 2. The van der Waals surface area contributed by atoms with E-state index < -0.39 is 11.9 Å². The molecule has 126 valence electrons. The number of rotatable bonds is 4. The molecule has 0 unspecified atom stereocenters. The standard InChI is InChI=1S/C17H20N4O2S/c1-3-19-17-20-10(2)14(24-17)16(23)21-9-12-7-5-4-6-11(12)8-13(21)15(18)22/h4-7,13H,3,8-9H2,1-2H3,(H2,18,22)(H,19,20)/t13-/m1/s1. The number of fused-ring (bicyclic) bond motifs is 1. The predicted molar refractivity (Wildman–Crippen MR) is 94.0 cm³/mol. The average molecular weight is 344 g/mol. The molecule has 1 aromatic heterocycles. The van der Waals surface area contributed by atoms with Crippen LogP contribution in [0.4, 0.5) is 5.13 Å². The van der Waals surface area contributed by atoms with Crippen molar-refractivity contribution < 1.29 is 9.59 Å². The second kappa shape index (κ2) is 6.60. The Hall–Kier alpha value is -2.41. The normalized spacial score (nSPS) is 16.6. The van der Waals surface area contributed by atoms with E-state index in [4.69, 9.17) is 5.73 Å². The van der Waals surface area contributed by atoms with E-state index in [2.05, 4.69) is 10.3 Å². The lowest BCUT2D eigenvalue weighted by atomic mass is 9.93. The summed E-state index contributed by atoms with van der Waals surface area (Å²) < 4.78 is 0. The van der Waals surface area contributed by atoms with Gasteiger partial charge in [-0.2, -0.15) is 0 Å². The molecule has 2 heterocycles. The number of anilines is 1. The van der Waals surface area contributed by atoms with Crippen molar-refractivity contribution in [3.8, 4) is 0 Å². The van der Waals surface area contributed by atoms with Gasteiger partial charge in [0.1, 0.15) is 10.9 Å². The topological polar surface area (TPSA) is 88.3 Å². The lowest BCUT2D eigenvalue weighted by Gasteiger charge is -2.34. The molecule has 0 saturated carbocycles. The summed E-state index contributed by atoms with van der Waals surface area (Å²) in [6, 6.07) is 7.21. The van der Waals surface area contributed by atoms with Crippen LogP contribution in [0.5, 0.6) is 0 Å². The monoisotopic (exact) mass is 344 g/mol. The molecule has 2 aromatic rings. The van der Waals surface area contributed by atoms with Gasteiger partial charge in [0.05, 0.1) is 5.69 Å². The van der Waals surface area contributed by atoms with Crippen molar-refractivity contribution in [1.29, 1.82) is 0 Å². The number of hydrogen-bond donors (Lipinski definition) is 2. The van der Waals surface area contributed by atoms with Crippen LogP contribution in [0.1, 0.15) is 33.4 Å². The maximum absolute atomic E-state index is 13.0. The number of carbonyl (C=O) groups excluding carboxylic acids is 2. The quantitative estimate of drug-likeness (QED) is 0.887. The van der Waals surface area contributed by atoms with Crippen LogP contribution in [-0.2, 0) is 17.8 Å². The van der Waals surface area contributed by atoms with Crippen LogP contribution in [0, 0.1) is 6.92 Å². The summed E-state index contributed by atoms with van der Waals surface area (Å²) in [5.74, 6) is -0.667. The Kier molecular flexibility index (Phi) is 4.53. The Bertz CT molecular complexity index is 787. The fourth-order valence-electron chi connectivity index (χ4n) is 2.94.